The topological polar surface area (TPSA) is 58.2 Å². The van der Waals surface area contributed by atoms with Gasteiger partial charge in [0.05, 0.1) is 4.90 Å². The molecule has 0 heterocycles. The number of benzene rings is 1. The summed E-state index contributed by atoms with van der Waals surface area (Å²) in [5.41, 5.74) is 1.90. The average Bonchev–Trinajstić information content (AvgIpc) is 3.13. The van der Waals surface area contributed by atoms with Crippen LogP contribution in [0.25, 0.3) is 0 Å². The average molecular weight is 310 g/mol. The van der Waals surface area contributed by atoms with Crippen molar-refractivity contribution in [2.75, 3.05) is 6.54 Å². The Balaban J connectivity index is 2.20. The van der Waals surface area contributed by atoms with Crippen LogP contribution in [0.2, 0.25) is 0 Å². The van der Waals surface area contributed by atoms with E-state index >= 15 is 0 Å². The third kappa shape index (κ3) is 4.28. The maximum atomic E-state index is 12.6. The van der Waals surface area contributed by atoms with E-state index in [2.05, 4.69) is 23.9 Å². The smallest absolute Gasteiger partial charge is 0.241 e. The Morgan fingerprint density at radius 3 is 2.57 bits per heavy atom. The second-order valence-corrected chi connectivity index (χ2v) is 7.60. The number of aryl methyl sites for hydroxylation is 1. The fourth-order valence-electron chi connectivity index (χ4n) is 2.41. The van der Waals surface area contributed by atoms with Gasteiger partial charge in [0.1, 0.15) is 0 Å². The zero-order chi connectivity index (χ0) is 15.5. The molecule has 1 aliphatic carbocycles. The van der Waals surface area contributed by atoms with Gasteiger partial charge in [0.15, 0.2) is 0 Å². The normalized spacial score (nSPS) is 21.5. The quantitative estimate of drug-likeness (QED) is 0.725. The molecule has 1 aliphatic rings. The van der Waals surface area contributed by atoms with Crippen LogP contribution < -0.4 is 10.0 Å². The molecule has 2 rings (SSSR count). The van der Waals surface area contributed by atoms with Gasteiger partial charge in [-0.1, -0.05) is 32.9 Å². The molecule has 21 heavy (non-hydrogen) atoms. The van der Waals surface area contributed by atoms with Gasteiger partial charge in [-0.15, -0.1) is 0 Å². The zero-order valence-corrected chi connectivity index (χ0v) is 14.0. The first kappa shape index (κ1) is 16.5. The van der Waals surface area contributed by atoms with Gasteiger partial charge in [0.25, 0.3) is 0 Å². The van der Waals surface area contributed by atoms with Gasteiger partial charge in [-0.05, 0) is 48.9 Å². The third-order valence-corrected chi connectivity index (χ3v) is 5.55. The maximum Gasteiger partial charge on any atom is 0.241 e. The van der Waals surface area contributed by atoms with Crippen molar-refractivity contribution in [3.05, 3.63) is 29.3 Å². The predicted molar refractivity (Wildman–Crippen MR) is 85.7 cm³/mol. The van der Waals surface area contributed by atoms with Crippen molar-refractivity contribution in [1.29, 1.82) is 0 Å². The van der Waals surface area contributed by atoms with Gasteiger partial charge in [0, 0.05) is 12.6 Å². The summed E-state index contributed by atoms with van der Waals surface area (Å²) in [6.07, 6.45) is 2.73. The van der Waals surface area contributed by atoms with Crippen LogP contribution in [0.3, 0.4) is 0 Å². The van der Waals surface area contributed by atoms with Gasteiger partial charge in [-0.2, -0.15) is 0 Å². The molecule has 0 aromatic heterocycles. The predicted octanol–water partition coefficient (Wildman–Crippen LogP) is 2.44. The molecule has 2 atom stereocenters. The van der Waals surface area contributed by atoms with Crippen LogP contribution in [-0.2, 0) is 23.0 Å². The minimum absolute atomic E-state index is 0.113. The van der Waals surface area contributed by atoms with E-state index < -0.39 is 10.0 Å². The van der Waals surface area contributed by atoms with E-state index in [1.165, 1.54) is 0 Å². The van der Waals surface area contributed by atoms with E-state index in [1.807, 2.05) is 25.1 Å². The molecule has 4 nitrogen and oxygen atoms in total. The first-order chi connectivity index (χ1) is 9.97. The first-order valence-corrected chi connectivity index (χ1v) is 9.31. The molecular formula is C16H26N2O2S. The van der Waals surface area contributed by atoms with Crippen LogP contribution in [0, 0.1) is 5.92 Å². The minimum Gasteiger partial charge on any atom is -0.313 e. The standard InChI is InChI=1S/C16H26N2O2S/c1-4-8-17-11-13-6-7-14(5-2)16(10-13)21(19,20)18-15-9-12(15)3/h6-7,10,12,15,17-18H,4-5,8-9,11H2,1-3H3. The van der Waals surface area contributed by atoms with Crippen molar-refractivity contribution in [3.63, 3.8) is 0 Å². The lowest BCUT2D eigenvalue weighted by atomic mass is 10.1. The highest BCUT2D eigenvalue weighted by Crippen LogP contribution is 2.31. The van der Waals surface area contributed by atoms with Crippen molar-refractivity contribution in [2.45, 2.75) is 57.5 Å². The molecule has 5 heteroatoms. The Kier molecular flexibility index (Phi) is 5.41. The molecule has 0 aliphatic heterocycles. The third-order valence-electron chi connectivity index (χ3n) is 3.97. The molecule has 2 unspecified atom stereocenters. The first-order valence-electron chi connectivity index (χ1n) is 7.82. The lowest BCUT2D eigenvalue weighted by molar-refractivity contribution is 0.576. The van der Waals surface area contributed by atoms with Crippen molar-refractivity contribution >= 4 is 10.0 Å². The molecule has 0 spiro atoms. The van der Waals surface area contributed by atoms with E-state index in [9.17, 15) is 8.42 Å². The Morgan fingerprint density at radius 2 is 2.00 bits per heavy atom. The van der Waals surface area contributed by atoms with Crippen molar-refractivity contribution < 1.29 is 8.42 Å². The number of nitrogens with one attached hydrogen (secondary N) is 2. The van der Waals surface area contributed by atoms with Crippen LogP contribution in [0.15, 0.2) is 23.1 Å². The van der Waals surface area contributed by atoms with Crippen LogP contribution in [0.4, 0.5) is 0 Å². The van der Waals surface area contributed by atoms with Crippen molar-refractivity contribution in [3.8, 4) is 0 Å². The maximum absolute atomic E-state index is 12.6. The highest BCUT2D eigenvalue weighted by atomic mass is 32.2. The lowest BCUT2D eigenvalue weighted by Gasteiger charge is -2.13. The van der Waals surface area contributed by atoms with Gasteiger partial charge in [-0.3, -0.25) is 0 Å². The Labute approximate surface area is 128 Å². The molecule has 2 N–H and O–H groups in total. The summed E-state index contributed by atoms with van der Waals surface area (Å²) in [6.45, 7) is 7.82. The van der Waals surface area contributed by atoms with Crippen LogP contribution >= 0.6 is 0 Å². The van der Waals surface area contributed by atoms with Crippen LogP contribution in [-0.4, -0.2) is 21.0 Å². The Morgan fingerprint density at radius 1 is 1.29 bits per heavy atom. The zero-order valence-electron chi connectivity index (χ0n) is 13.1. The molecular weight excluding hydrogens is 284 g/mol. The fourth-order valence-corrected chi connectivity index (χ4v) is 4.13. The SMILES string of the molecule is CCCNCc1ccc(CC)c(S(=O)(=O)NC2CC2C)c1. The number of hydrogen-bond acceptors (Lipinski definition) is 3. The summed E-state index contributed by atoms with van der Waals surface area (Å²) < 4.78 is 27.9. The van der Waals surface area contributed by atoms with Crippen LogP contribution in [0.5, 0.6) is 0 Å². The number of rotatable bonds is 8. The van der Waals surface area contributed by atoms with E-state index in [-0.39, 0.29) is 6.04 Å². The van der Waals surface area contributed by atoms with E-state index in [1.54, 1.807) is 0 Å². The fraction of sp³-hybridized carbons (Fsp3) is 0.625. The van der Waals surface area contributed by atoms with Crippen LogP contribution in [0.1, 0.15) is 44.7 Å². The molecule has 1 aromatic carbocycles. The number of sulfonamides is 1. The second-order valence-electron chi connectivity index (χ2n) is 5.91. The summed E-state index contributed by atoms with van der Waals surface area (Å²) >= 11 is 0. The molecule has 0 radical (unpaired) electrons. The summed E-state index contributed by atoms with van der Waals surface area (Å²) in [7, 11) is -3.40. The Bertz CT molecular complexity index is 584. The monoisotopic (exact) mass is 310 g/mol. The van der Waals surface area contributed by atoms with Gasteiger partial charge < -0.3 is 5.32 Å². The van der Waals surface area contributed by atoms with Gasteiger partial charge in [0.2, 0.25) is 10.0 Å². The lowest BCUT2D eigenvalue weighted by Crippen LogP contribution is -2.28. The molecule has 0 bridgehead atoms. The Hall–Kier alpha value is -0.910. The molecule has 118 valence electrons. The molecule has 0 amide bonds. The second kappa shape index (κ2) is 6.90. The van der Waals surface area contributed by atoms with E-state index in [0.29, 0.717) is 17.4 Å². The number of hydrogen-bond donors (Lipinski definition) is 2. The van der Waals surface area contributed by atoms with Gasteiger partial charge >= 0.3 is 0 Å². The molecule has 1 fully saturated rings. The van der Waals surface area contributed by atoms with E-state index in [4.69, 9.17) is 0 Å². The molecule has 0 saturated heterocycles. The summed E-state index contributed by atoms with van der Waals surface area (Å²) in [5.74, 6) is 0.458. The minimum atomic E-state index is -3.40. The largest absolute Gasteiger partial charge is 0.313 e. The molecule has 1 aromatic rings. The van der Waals surface area contributed by atoms with Crippen molar-refractivity contribution in [1.82, 2.24) is 10.0 Å². The summed E-state index contributed by atoms with van der Waals surface area (Å²) in [4.78, 5) is 0.444. The summed E-state index contributed by atoms with van der Waals surface area (Å²) in [5, 5.41) is 3.31. The highest BCUT2D eigenvalue weighted by Gasteiger charge is 2.36. The van der Waals surface area contributed by atoms with Gasteiger partial charge in [-0.25, -0.2) is 13.1 Å². The molecule has 1 saturated carbocycles. The van der Waals surface area contributed by atoms with Crippen molar-refractivity contribution in [2.24, 2.45) is 5.92 Å². The highest BCUT2D eigenvalue weighted by molar-refractivity contribution is 7.89. The summed E-state index contributed by atoms with van der Waals surface area (Å²) in [6, 6.07) is 5.88. The van der Waals surface area contributed by atoms with E-state index in [0.717, 1.165) is 36.9 Å².